The van der Waals surface area contributed by atoms with Crippen LogP contribution in [0.2, 0.25) is 10.0 Å². The summed E-state index contributed by atoms with van der Waals surface area (Å²) in [6.45, 7) is 1.96. The number of hydrogen-bond acceptors (Lipinski definition) is 2. The smallest absolute Gasteiger partial charge is 0.266 e. The molecule has 0 unspecified atom stereocenters. The van der Waals surface area contributed by atoms with Crippen LogP contribution in [0.15, 0.2) is 47.3 Å². The molecule has 5 heteroatoms. The van der Waals surface area contributed by atoms with Crippen molar-refractivity contribution < 1.29 is 0 Å². The Hall–Kier alpha value is -1.84. The number of aryl methyl sites for hydroxylation is 1. The van der Waals surface area contributed by atoms with Crippen molar-refractivity contribution in [2.45, 2.75) is 13.3 Å². The maximum absolute atomic E-state index is 12.8. The lowest BCUT2D eigenvalue weighted by Crippen LogP contribution is -2.23. The van der Waals surface area contributed by atoms with Gasteiger partial charge in [-0.3, -0.25) is 9.36 Å². The lowest BCUT2D eigenvalue weighted by molar-refractivity contribution is 0.833. The van der Waals surface area contributed by atoms with E-state index in [9.17, 15) is 4.79 Å². The Morgan fingerprint density at radius 3 is 2.62 bits per heavy atom. The van der Waals surface area contributed by atoms with Gasteiger partial charge in [-0.1, -0.05) is 42.3 Å². The van der Waals surface area contributed by atoms with Gasteiger partial charge in [-0.05, 0) is 30.3 Å². The maximum Gasteiger partial charge on any atom is 0.266 e. The normalized spacial score (nSPS) is 11.0. The molecule has 0 aliphatic heterocycles. The summed E-state index contributed by atoms with van der Waals surface area (Å²) in [4.78, 5) is 17.3. The maximum atomic E-state index is 12.8. The van der Waals surface area contributed by atoms with E-state index in [0.717, 1.165) is 0 Å². The molecule has 3 aromatic rings. The standard InChI is InChI=1S/C16H12Cl2N2O/c1-2-15-19-13-6-4-3-5-11(13)16(21)20(15)14-8-7-10(17)9-12(14)18/h3-9H,2H2,1H3. The first-order valence-electron chi connectivity index (χ1n) is 6.58. The minimum Gasteiger partial charge on any atom is -0.268 e. The second-order valence-electron chi connectivity index (χ2n) is 4.64. The lowest BCUT2D eigenvalue weighted by Gasteiger charge is -2.14. The van der Waals surface area contributed by atoms with E-state index in [1.807, 2.05) is 25.1 Å². The molecule has 3 rings (SSSR count). The summed E-state index contributed by atoms with van der Waals surface area (Å²) in [5.74, 6) is 0.669. The molecule has 0 N–H and O–H groups in total. The average Bonchev–Trinajstić information content (AvgIpc) is 2.48. The highest BCUT2D eigenvalue weighted by Gasteiger charge is 2.13. The van der Waals surface area contributed by atoms with Crippen molar-refractivity contribution in [1.29, 1.82) is 0 Å². The van der Waals surface area contributed by atoms with Gasteiger partial charge in [0.25, 0.3) is 5.56 Å². The Morgan fingerprint density at radius 2 is 1.90 bits per heavy atom. The second kappa shape index (κ2) is 5.51. The monoisotopic (exact) mass is 318 g/mol. The van der Waals surface area contributed by atoms with Crippen LogP contribution in [-0.2, 0) is 6.42 Å². The highest BCUT2D eigenvalue weighted by atomic mass is 35.5. The zero-order chi connectivity index (χ0) is 15.0. The Kier molecular flexibility index (Phi) is 3.70. The first-order chi connectivity index (χ1) is 10.1. The van der Waals surface area contributed by atoms with Crippen molar-refractivity contribution in [3.63, 3.8) is 0 Å². The van der Waals surface area contributed by atoms with Gasteiger partial charge >= 0.3 is 0 Å². The Bertz CT molecular complexity index is 887. The van der Waals surface area contributed by atoms with Crippen LogP contribution in [0.1, 0.15) is 12.7 Å². The molecule has 3 nitrogen and oxygen atoms in total. The fourth-order valence-electron chi connectivity index (χ4n) is 2.33. The Morgan fingerprint density at radius 1 is 1.14 bits per heavy atom. The minimum atomic E-state index is -0.123. The van der Waals surface area contributed by atoms with E-state index in [4.69, 9.17) is 23.2 Å². The van der Waals surface area contributed by atoms with Crippen molar-refractivity contribution in [2.75, 3.05) is 0 Å². The van der Waals surface area contributed by atoms with Crippen LogP contribution < -0.4 is 5.56 Å². The SMILES string of the molecule is CCc1nc2ccccc2c(=O)n1-c1ccc(Cl)cc1Cl. The topological polar surface area (TPSA) is 34.9 Å². The van der Waals surface area contributed by atoms with Gasteiger partial charge in [0.1, 0.15) is 5.82 Å². The molecule has 0 amide bonds. The summed E-state index contributed by atoms with van der Waals surface area (Å²) in [5, 5.41) is 1.53. The number of rotatable bonds is 2. The van der Waals surface area contributed by atoms with E-state index in [0.29, 0.717) is 38.9 Å². The summed E-state index contributed by atoms with van der Waals surface area (Å²) >= 11 is 12.2. The van der Waals surface area contributed by atoms with E-state index in [1.54, 1.807) is 28.8 Å². The highest BCUT2D eigenvalue weighted by molar-refractivity contribution is 6.35. The molecule has 0 atom stereocenters. The summed E-state index contributed by atoms with van der Waals surface area (Å²) in [7, 11) is 0. The van der Waals surface area contributed by atoms with Crippen LogP contribution in [0.5, 0.6) is 0 Å². The summed E-state index contributed by atoms with van der Waals surface area (Å²) in [6.07, 6.45) is 0.624. The van der Waals surface area contributed by atoms with E-state index in [-0.39, 0.29) is 5.56 Å². The van der Waals surface area contributed by atoms with Crippen LogP contribution in [0.3, 0.4) is 0 Å². The van der Waals surface area contributed by atoms with Crippen molar-refractivity contribution in [1.82, 2.24) is 9.55 Å². The van der Waals surface area contributed by atoms with E-state index < -0.39 is 0 Å². The first-order valence-corrected chi connectivity index (χ1v) is 7.33. The van der Waals surface area contributed by atoms with E-state index >= 15 is 0 Å². The molecule has 1 heterocycles. The quantitative estimate of drug-likeness (QED) is 0.707. The molecule has 0 bridgehead atoms. The third-order valence-electron chi connectivity index (χ3n) is 3.31. The molecule has 0 radical (unpaired) electrons. The number of para-hydroxylation sites is 1. The van der Waals surface area contributed by atoms with Crippen molar-refractivity contribution in [3.8, 4) is 5.69 Å². The molecule has 0 saturated carbocycles. The van der Waals surface area contributed by atoms with E-state index in [1.165, 1.54) is 0 Å². The highest BCUT2D eigenvalue weighted by Crippen LogP contribution is 2.25. The number of nitrogens with zero attached hydrogens (tertiary/aromatic N) is 2. The van der Waals surface area contributed by atoms with Gasteiger partial charge in [-0.2, -0.15) is 0 Å². The van der Waals surface area contributed by atoms with Crippen molar-refractivity contribution >= 4 is 34.1 Å². The number of halogens is 2. The van der Waals surface area contributed by atoms with Gasteiger partial charge in [-0.15, -0.1) is 0 Å². The zero-order valence-electron chi connectivity index (χ0n) is 11.3. The van der Waals surface area contributed by atoms with Crippen molar-refractivity contribution in [2.24, 2.45) is 0 Å². The average molecular weight is 319 g/mol. The van der Waals surface area contributed by atoms with Gasteiger partial charge in [0.15, 0.2) is 0 Å². The lowest BCUT2D eigenvalue weighted by atomic mass is 10.2. The number of aromatic nitrogens is 2. The summed E-state index contributed by atoms with van der Waals surface area (Å²) in [5.41, 5.74) is 1.17. The molecule has 0 aliphatic rings. The molecular weight excluding hydrogens is 307 g/mol. The van der Waals surface area contributed by atoms with Crippen LogP contribution in [-0.4, -0.2) is 9.55 Å². The predicted molar refractivity (Wildman–Crippen MR) is 86.7 cm³/mol. The third kappa shape index (κ3) is 2.43. The van der Waals surface area contributed by atoms with E-state index in [2.05, 4.69) is 4.98 Å². The van der Waals surface area contributed by atoms with Crippen LogP contribution in [0.25, 0.3) is 16.6 Å². The minimum absolute atomic E-state index is 0.123. The number of fused-ring (bicyclic) bond motifs is 1. The summed E-state index contributed by atoms with van der Waals surface area (Å²) < 4.78 is 1.56. The fraction of sp³-hybridized carbons (Fsp3) is 0.125. The van der Waals surface area contributed by atoms with Crippen LogP contribution in [0.4, 0.5) is 0 Å². The Balaban J connectivity index is 2.41. The number of hydrogen-bond donors (Lipinski definition) is 0. The molecule has 0 spiro atoms. The molecule has 0 saturated heterocycles. The first kappa shape index (κ1) is 14.1. The third-order valence-corrected chi connectivity index (χ3v) is 3.85. The van der Waals surface area contributed by atoms with Gasteiger partial charge in [-0.25, -0.2) is 4.98 Å². The largest absolute Gasteiger partial charge is 0.268 e. The summed E-state index contributed by atoms with van der Waals surface area (Å²) in [6, 6.07) is 12.4. The van der Waals surface area contributed by atoms with Gasteiger partial charge in [0.2, 0.25) is 0 Å². The molecule has 106 valence electrons. The molecular formula is C16H12Cl2N2O. The van der Waals surface area contributed by atoms with Crippen molar-refractivity contribution in [3.05, 3.63) is 68.7 Å². The van der Waals surface area contributed by atoms with Crippen LogP contribution in [0, 0.1) is 0 Å². The zero-order valence-corrected chi connectivity index (χ0v) is 12.8. The fourth-order valence-corrected chi connectivity index (χ4v) is 2.82. The molecule has 2 aromatic carbocycles. The second-order valence-corrected chi connectivity index (χ2v) is 5.48. The van der Waals surface area contributed by atoms with Crippen LogP contribution >= 0.6 is 23.2 Å². The number of benzene rings is 2. The van der Waals surface area contributed by atoms with Gasteiger partial charge in [0.05, 0.1) is 21.6 Å². The Labute approximate surface area is 131 Å². The molecule has 1 aromatic heterocycles. The predicted octanol–water partition coefficient (Wildman–Crippen LogP) is 4.25. The molecule has 0 aliphatic carbocycles. The molecule has 21 heavy (non-hydrogen) atoms. The van der Waals surface area contributed by atoms with Gasteiger partial charge in [0, 0.05) is 11.4 Å². The van der Waals surface area contributed by atoms with Gasteiger partial charge < -0.3 is 0 Å². The molecule has 0 fully saturated rings.